The lowest BCUT2D eigenvalue weighted by Crippen LogP contribution is -2.26. The maximum absolute atomic E-state index is 13.3. The zero-order valence-electron chi connectivity index (χ0n) is 11.8. The summed E-state index contributed by atoms with van der Waals surface area (Å²) in [6, 6.07) is 4.60. The van der Waals surface area contributed by atoms with Gasteiger partial charge in [0.25, 0.3) is 0 Å². The molecule has 0 saturated carbocycles. The van der Waals surface area contributed by atoms with Crippen molar-refractivity contribution in [3.63, 3.8) is 0 Å². The Hall–Kier alpha value is -1.53. The molecule has 0 aliphatic heterocycles. The van der Waals surface area contributed by atoms with Crippen LogP contribution < -0.4 is 5.73 Å². The highest BCUT2D eigenvalue weighted by atomic mass is 32.1. The highest BCUT2D eigenvalue weighted by Gasteiger charge is 2.14. The molecule has 0 unspecified atom stereocenters. The topological polar surface area (TPSA) is 47.1 Å². The first-order valence-electron chi connectivity index (χ1n) is 6.70. The summed E-state index contributed by atoms with van der Waals surface area (Å²) < 4.78 is 15.3. The first-order valence-corrected chi connectivity index (χ1v) is 7.11. The molecule has 1 aromatic heterocycles. The number of rotatable bonds is 6. The standard InChI is InChI=1S/C14H19FN4S/c1-3-18(4-2)9-14-17-11-7-10(15)5-6-12(11)19(14)8-13(16)20/h5-7H,3-4,8-9H2,1-2H3,(H2,16,20). The largest absolute Gasteiger partial charge is 0.392 e. The molecule has 6 heteroatoms. The van der Waals surface area contributed by atoms with Gasteiger partial charge in [-0.05, 0) is 25.2 Å². The fourth-order valence-electron chi connectivity index (χ4n) is 2.25. The molecule has 2 aromatic rings. The van der Waals surface area contributed by atoms with Crippen LogP contribution in [0.2, 0.25) is 0 Å². The summed E-state index contributed by atoms with van der Waals surface area (Å²) >= 11 is 5.00. The van der Waals surface area contributed by atoms with E-state index in [0.29, 0.717) is 23.6 Å². The van der Waals surface area contributed by atoms with Gasteiger partial charge in [-0.25, -0.2) is 9.37 Å². The van der Waals surface area contributed by atoms with Gasteiger partial charge in [-0.2, -0.15) is 0 Å². The van der Waals surface area contributed by atoms with Crippen LogP contribution in [0.15, 0.2) is 18.2 Å². The van der Waals surface area contributed by atoms with E-state index < -0.39 is 0 Å². The molecule has 20 heavy (non-hydrogen) atoms. The van der Waals surface area contributed by atoms with Crippen molar-refractivity contribution in [3.8, 4) is 0 Å². The molecular weight excluding hydrogens is 275 g/mol. The summed E-state index contributed by atoms with van der Waals surface area (Å²) in [7, 11) is 0. The van der Waals surface area contributed by atoms with Crippen molar-refractivity contribution in [2.75, 3.05) is 13.1 Å². The van der Waals surface area contributed by atoms with Crippen LogP contribution >= 0.6 is 12.2 Å². The zero-order valence-corrected chi connectivity index (χ0v) is 12.6. The molecule has 0 spiro atoms. The number of imidazole rings is 1. The Bertz CT molecular complexity index is 619. The lowest BCUT2D eigenvalue weighted by atomic mass is 10.3. The Kier molecular flexibility index (Phi) is 4.67. The lowest BCUT2D eigenvalue weighted by Gasteiger charge is -2.18. The van der Waals surface area contributed by atoms with Gasteiger partial charge < -0.3 is 10.3 Å². The van der Waals surface area contributed by atoms with E-state index >= 15 is 0 Å². The van der Waals surface area contributed by atoms with E-state index in [-0.39, 0.29) is 5.82 Å². The van der Waals surface area contributed by atoms with Gasteiger partial charge in [-0.3, -0.25) is 4.90 Å². The first-order chi connectivity index (χ1) is 9.55. The number of fused-ring (bicyclic) bond motifs is 1. The smallest absolute Gasteiger partial charge is 0.125 e. The molecule has 4 nitrogen and oxygen atoms in total. The fourth-order valence-corrected chi connectivity index (χ4v) is 2.38. The van der Waals surface area contributed by atoms with Crippen LogP contribution in [-0.4, -0.2) is 32.5 Å². The maximum Gasteiger partial charge on any atom is 0.125 e. The average molecular weight is 294 g/mol. The second-order valence-electron chi connectivity index (χ2n) is 4.67. The molecule has 0 saturated heterocycles. The fraction of sp³-hybridized carbons (Fsp3) is 0.429. The minimum absolute atomic E-state index is 0.285. The van der Waals surface area contributed by atoms with Gasteiger partial charge in [0.2, 0.25) is 0 Å². The van der Waals surface area contributed by atoms with Crippen molar-refractivity contribution in [1.82, 2.24) is 14.5 Å². The van der Waals surface area contributed by atoms with E-state index in [9.17, 15) is 4.39 Å². The minimum Gasteiger partial charge on any atom is -0.392 e. The third-order valence-corrected chi connectivity index (χ3v) is 3.49. The summed E-state index contributed by atoms with van der Waals surface area (Å²) in [4.78, 5) is 7.17. The van der Waals surface area contributed by atoms with Crippen molar-refractivity contribution in [2.45, 2.75) is 26.9 Å². The van der Waals surface area contributed by atoms with Gasteiger partial charge in [-0.1, -0.05) is 26.1 Å². The Morgan fingerprint density at radius 1 is 1.40 bits per heavy atom. The van der Waals surface area contributed by atoms with Crippen molar-refractivity contribution >= 4 is 28.2 Å². The molecule has 2 N–H and O–H groups in total. The molecule has 108 valence electrons. The van der Waals surface area contributed by atoms with Gasteiger partial charge in [-0.15, -0.1) is 0 Å². The number of nitrogens with two attached hydrogens (primary N) is 1. The summed E-state index contributed by atoms with van der Waals surface area (Å²) in [5, 5.41) is 0. The van der Waals surface area contributed by atoms with Crippen LogP contribution in [0.1, 0.15) is 19.7 Å². The molecule has 0 fully saturated rings. The third kappa shape index (κ3) is 3.13. The Morgan fingerprint density at radius 2 is 2.10 bits per heavy atom. The van der Waals surface area contributed by atoms with Crippen molar-refractivity contribution < 1.29 is 4.39 Å². The van der Waals surface area contributed by atoms with E-state index in [1.165, 1.54) is 12.1 Å². The number of benzene rings is 1. The molecule has 0 amide bonds. The van der Waals surface area contributed by atoms with Crippen LogP contribution in [0.25, 0.3) is 11.0 Å². The van der Waals surface area contributed by atoms with E-state index in [1.807, 2.05) is 4.57 Å². The van der Waals surface area contributed by atoms with Crippen LogP contribution in [0.5, 0.6) is 0 Å². The van der Waals surface area contributed by atoms with Gasteiger partial charge in [0.05, 0.1) is 29.1 Å². The first kappa shape index (κ1) is 14.9. The highest BCUT2D eigenvalue weighted by Crippen LogP contribution is 2.18. The summed E-state index contributed by atoms with van der Waals surface area (Å²) in [5.41, 5.74) is 7.17. The second kappa shape index (κ2) is 6.28. The Balaban J connectivity index is 2.47. The number of thiocarbonyl (C=S) groups is 1. The molecule has 0 bridgehead atoms. The normalized spacial score (nSPS) is 11.4. The summed E-state index contributed by atoms with van der Waals surface area (Å²) in [6.45, 7) is 7.19. The molecule has 1 aromatic carbocycles. The van der Waals surface area contributed by atoms with Crippen molar-refractivity contribution in [2.24, 2.45) is 5.73 Å². The molecule has 0 radical (unpaired) electrons. The van der Waals surface area contributed by atoms with Gasteiger partial charge in [0, 0.05) is 6.07 Å². The van der Waals surface area contributed by atoms with Gasteiger partial charge >= 0.3 is 0 Å². The molecular formula is C14H19FN4S. The summed E-state index contributed by atoms with van der Waals surface area (Å²) in [6.07, 6.45) is 0. The number of aromatic nitrogens is 2. The zero-order chi connectivity index (χ0) is 14.7. The monoisotopic (exact) mass is 294 g/mol. The Morgan fingerprint density at radius 3 is 2.70 bits per heavy atom. The van der Waals surface area contributed by atoms with Crippen molar-refractivity contribution in [3.05, 3.63) is 29.8 Å². The second-order valence-corrected chi connectivity index (χ2v) is 5.20. The predicted octanol–water partition coefficient (Wildman–Crippen LogP) is 2.30. The van der Waals surface area contributed by atoms with E-state index in [4.69, 9.17) is 18.0 Å². The third-order valence-electron chi connectivity index (χ3n) is 3.36. The molecule has 2 rings (SSSR count). The van der Waals surface area contributed by atoms with E-state index in [2.05, 4.69) is 23.7 Å². The van der Waals surface area contributed by atoms with Crippen LogP contribution in [0.3, 0.4) is 0 Å². The number of nitrogens with zero attached hydrogens (tertiary/aromatic N) is 3. The molecule has 0 aliphatic rings. The predicted molar refractivity (Wildman–Crippen MR) is 83.1 cm³/mol. The average Bonchev–Trinajstić information content (AvgIpc) is 2.72. The van der Waals surface area contributed by atoms with Crippen molar-refractivity contribution in [1.29, 1.82) is 0 Å². The van der Waals surface area contributed by atoms with Crippen LogP contribution in [-0.2, 0) is 13.1 Å². The van der Waals surface area contributed by atoms with E-state index in [1.54, 1.807) is 6.07 Å². The minimum atomic E-state index is -0.285. The number of hydrogen-bond donors (Lipinski definition) is 1. The van der Waals surface area contributed by atoms with E-state index in [0.717, 1.165) is 24.4 Å². The van der Waals surface area contributed by atoms with Crippen LogP contribution in [0.4, 0.5) is 4.39 Å². The molecule has 1 heterocycles. The van der Waals surface area contributed by atoms with Gasteiger partial charge in [0.15, 0.2) is 0 Å². The van der Waals surface area contributed by atoms with Crippen LogP contribution in [0, 0.1) is 5.82 Å². The summed E-state index contributed by atoms with van der Waals surface area (Å²) in [5.74, 6) is 0.578. The lowest BCUT2D eigenvalue weighted by molar-refractivity contribution is 0.285. The number of hydrogen-bond acceptors (Lipinski definition) is 3. The highest BCUT2D eigenvalue weighted by molar-refractivity contribution is 7.80. The Labute approximate surface area is 123 Å². The molecule has 0 atom stereocenters. The number of halogens is 1. The van der Waals surface area contributed by atoms with Gasteiger partial charge in [0.1, 0.15) is 11.6 Å². The maximum atomic E-state index is 13.3. The molecule has 0 aliphatic carbocycles. The SMILES string of the molecule is CCN(CC)Cc1nc2cc(F)ccc2n1CC(N)=S. The quantitative estimate of drug-likeness (QED) is 0.831.